The molecule has 0 radical (unpaired) electrons. The van der Waals surface area contributed by atoms with Crippen LogP contribution >= 0.6 is 0 Å². The normalized spacial score (nSPS) is 23.7. The first-order valence-corrected chi connectivity index (χ1v) is 7.36. The summed E-state index contributed by atoms with van der Waals surface area (Å²) in [5.41, 5.74) is 2.15. The molecule has 0 amide bonds. The van der Waals surface area contributed by atoms with Crippen LogP contribution in [0.25, 0.3) is 11.0 Å². The fraction of sp³-hybridized carbons (Fsp3) is 0.500. The molecule has 1 fully saturated rings. The molecule has 5 nitrogen and oxygen atoms in total. The maximum atomic E-state index is 12.0. The minimum Gasteiger partial charge on any atom is -0.320 e. The molecule has 2 N–H and O–H groups in total. The van der Waals surface area contributed by atoms with Gasteiger partial charge in [0.1, 0.15) is 1.41 Å². The molecule has 3 rings (SSSR count). The number of aromatic amines is 1. The number of pyridine rings is 2. The minimum absolute atomic E-state index is 0.0801. The highest BCUT2D eigenvalue weighted by molar-refractivity contribution is 5.74. The van der Waals surface area contributed by atoms with Crippen LogP contribution < -0.4 is 10.9 Å². The molecule has 0 aromatic carbocycles. The average molecular weight is 289 g/mol. The van der Waals surface area contributed by atoms with Crippen LogP contribution in [-0.4, -0.2) is 40.5 Å². The molecule has 1 aliphatic rings. The summed E-state index contributed by atoms with van der Waals surface area (Å²) in [7, 11) is 0. The molecule has 0 aliphatic carbocycles. The number of hydrogen-bond acceptors (Lipinski definition) is 4. The van der Waals surface area contributed by atoms with Crippen molar-refractivity contribution in [3.8, 4) is 0 Å². The van der Waals surface area contributed by atoms with E-state index in [0.29, 0.717) is 48.2 Å². The zero-order valence-corrected chi connectivity index (χ0v) is 12.4. The summed E-state index contributed by atoms with van der Waals surface area (Å²) in [5, 5.41) is 1.46. The Morgan fingerprint density at radius 2 is 2.43 bits per heavy atom. The Kier molecular flexibility index (Phi) is 3.10. The number of nitrogens with one attached hydrogen (secondary N) is 2. The van der Waals surface area contributed by atoms with Crippen molar-refractivity contribution in [2.45, 2.75) is 32.8 Å². The van der Waals surface area contributed by atoms with E-state index < -0.39 is 6.50 Å². The van der Waals surface area contributed by atoms with Gasteiger partial charge in [-0.2, -0.15) is 0 Å². The topological polar surface area (TPSA) is 61.0 Å². The summed E-state index contributed by atoms with van der Waals surface area (Å²) in [6, 6.07) is 3.35. The van der Waals surface area contributed by atoms with Gasteiger partial charge < -0.3 is 10.3 Å². The van der Waals surface area contributed by atoms with Crippen LogP contribution in [0, 0.1) is 0 Å². The van der Waals surface area contributed by atoms with Gasteiger partial charge >= 0.3 is 0 Å². The number of rotatable bonds is 3. The predicted molar refractivity (Wildman–Crippen MR) is 84.5 cm³/mol. The van der Waals surface area contributed by atoms with Gasteiger partial charge in [-0.15, -0.1) is 0 Å². The smallest absolute Gasteiger partial charge is 0.251 e. The zero-order valence-electron chi connectivity index (χ0n) is 15.4. The van der Waals surface area contributed by atoms with E-state index in [2.05, 4.69) is 9.97 Å². The Morgan fingerprint density at radius 3 is 3.19 bits per heavy atom. The van der Waals surface area contributed by atoms with E-state index in [1.165, 1.54) is 5.31 Å². The Balaban J connectivity index is 2.00. The summed E-state index contributed by atoms with van der Waals surface area (Å²) in [4.78, 5) is 20.9. The number of aromatic nitrogens is 2. The maximum absolute atomic E-state index is 12.0. The fourth-order valence-corrected chi connectivity index (χ4v) is 2.55. The highest BCUT2D eigenvalue weighted by atomic mass is 16.1. The second-order valence-corrected chi connectivity index (χ2v) is 5.42. The van der Waals surface area contributed by atoms with Crippen molar-refractivity contribution in [3.05, 3.63) is 39.8 Å². The lowest BCUT2D eigenvalue weighted by molar-refractivity contribution is 0.165. The molecule has 1 atom stereocenters. The van der Waals surface area contributed by atoms with E-state index in [4.69, 9.17) is 4.15 Å². The minimum atomic E-state index is -1.71. The van der Waals surface area contributed by atoms with Crippen LogP contribution in [-0.2, 0) is 12.9 Å². The molecule has 0 spiro atoms. The molecular weight excluding hydrogens is 264 g/mol. The summed E-state index contributed by atoms with van der Waals surface area (Å²) in [6.07, 6.45) is 2.17. The Morgan fingerprint density at radius 1 is 1.57 bits per heavy atom. The molecule has 2 aromatic heterocycles. The van der Waals surface area contributed by atoms with E-state index in [-0.39, 0.29) is 11.6 Å². The lowest BCUT2D eigenvalue weighted by Crippen LogP contribution is -2.49. The van der Waals surface area contributed by atoms with E-state index >= 15 is 0 Å². The van der Waals surface area contributed by atoms with Crippen molar-refractivity contribution in [2.75, 3.05) is 19.6 Å². The first-order valence-electron chi connectivity index (χ1n) is 8.80. The Labute approximate surface area is 128 Å². The predicted octanol–water partition coefficient (Wildman–Crippen LogP) is 1.28. The van der Waals surface area contributed by atoms with Crippen molar-refractivity contribution in [1.82, 2.24) is 20.2 Å². The first-order chi connectivity index (χ1) is 11.3. The third-order valence-electron chi connectivity index (χ3n) is 3.85. The molecule has 112 valence electrons. The van der Waals surface area contributed by atoms with Gasteiger partial charge in [0.25, 0.3) is 5.56 Å². The van der Waals surface area contributed by atoms with Crippen LogP contribution in [0.4, 0.5) is 0 Å². The van der Waals surface area contributed by atoms with Gasteiger partial charge in [0, 0.05) is 46.7 Å². The largest absolute Gasteiger partial charge is 0.320 e. The lowest BCUT2D eigenvalue weighted by atomic mass is 10.1. The van der Waals surface area contributed by atoms with Crippen molar-refractivity contribution in [1.29, 1.82) is 0 Å². The van der Waals surface area contributed by atoms with Crippen LogP contribution in [0.1, 0.15) is 27.7 Å². The standard InChI is InChI=1S/C16H22N4O/c1-3-13-7-14-15(19-16(13)21)6-12(9-18-14)10-20-5-4-17-8-11(20)2/h6-7,9,11,17H,3-5,8,10H2,1-2H3,(H,19,21)/i10D2/hD. The van der Waals surface area contributed by atoms with Crippen molar-refractivity contribution in [3.63, 3.8) is 0 Å². The highest BCUT2D eigenvalue weighted by Crippen LogP contribution is 2.14. The van der Waals surface area contributed by atoms with Gasteiger partial charge in [0.15, 0.2) is 0 Å². The maximum Gasteiger partial charge on any atom is 0.251 e. The molecule has 3 heterocycles. The van der Waals surface area contributed by atoms with Crippen LogP contribution in [0.3, 0.4) is 0 Å². The van der Waals surface area contributed by atoms with Gasteiger partial charge in [0.05, 0.1) is 11.0 Å². The lowest BCUT2D eigenvalue weighted by Gasteiger charge is -2.33. The molecule has 1 aliphatic heterocycles. The van der Waals surface area contributed by atoms with Crippen molar-refractivity contribution < 1.29 is 4.15 Å². The molecule has 21 heavy (non-hydrogen) atoms. The summed E-state index contributed by atoms with van der Waals surface area (Å²) in [6.45, 7) is 3.60. The molecule has 5 heteroatoms. The fourth-order valence-electron chi connectivity index (χ4n) is 2.55. The van der Waals surface area contributed by atoms with E-state index in [1.807, 2.05) is 13.8 Å². The molecular formula is C16H22N4O. The van der Waals surface area contributed by atoms with Gasteiger partial charge in [-0.3, -0.25) is 14.7 Å². The summed E-state index contributed by atoms with van der Waals surface area (Å²) >= 11 is 0. The monoisotopic (exact) mass is 289 g/mol. The van der Waals surface area contributed by atoms with Crippen LogP contribution in [0.5, 0.6) is 0 Å². The van der Waals surface area contributed by atoms with Crippen molar-refractivity contribution in [2.24, 2.45) is 0 Å². The molecule has 0 bridgehead atoms. The molecule has 1 unspecified atom stereocenters. The summed E-state index contributed by atoms with van der Waals surface area (Å²) in [5.74, 6) is 0. The van der Waals surface area contributed by atoms with Crippen LogP contribution in [0.2, 0.25) is 1.41 Å². The van der Waals surface area contributed by atoms with Gasteiger partial charge in [0.2, 0.25) is 0 Å². The van der Waals surface area contributed by atoms with Crippen molar-refractivity contribution >= 4 is 11.0 Å². The quantitative estimate of drug-likeness (QED) is 0.893. The van der Waals surface area contributed by atoms with Crippen LogP contribution in [0.15, 0.2) is 23.1 Å². The Hall–Kier alpha value is -1.72. The second kappa shape index (κ2) is 5.95. The third kappa shape index (κ3) is 2.99. The van der Waals surface area contributed by atoms with Gasteiger partial charge in [-0.05, 0) is 31.0 Å². The highest BCUT2D eigenvalue weighted by Gasteiger charge is 2.18. The number of hydrogen-bond donors (Lipinski definition) is 2. The number of fused-ring (bicyclic) bond motifs is 1. The first kappa shape index (κ1) is 10.9. The number of nitrogens with zero attached hydrogens (tertiary/aromatic N) is 2. The van der Waals surface area contributed by atoms with E-state index in [9.17, 15) is 4.79 Å². The number of piperazine rings is 1. The second-order valence-electron chi connectivity index (χ2n) is 5.42. The SMILES string of the molecule is [2H]N1CCN(C([2H])([2H])c2cnc3cc(CC)c(=O)[nH]c3c2)C(C)C1. The van der Waals surface area contributed by atoms with E-state index in [0.717, 1.165) is 0 Å². The zero-order chi connectivity index (χ0) is 17.5. The molecule has 0 saturated carbocycles. The number of H-pyrrole nitrogens is 1. The summed E-state index contributed by atoms with van der Waals surface area (Å²) < 4.78 is 24.8. The third-order valence-corrected chi connectivity index (χ3v) is 3.85. The van der Waals surface area contributed by atoms with Gasteiger partial charge in [-0.25, -0.2) is 0 Å². The number of aryl methyl sites for hydroxylation is 1. The average Bonchev–Trinajstić information content (AvgIpc) is 2.53. The molecule has 1 saturated heterocycles. The molecule has 2 aromatic rings. The van der Waals surface area contributed by atoms with Gasteiger partial charge in [-0.1, -0.05) is 6.92 Å². The van der Waals surface area contributed by atoms with E-state index in [1.54, 1.807) is 23.2 Å². The Bertz CT molecular complexity index is 807.